The van der Waals surface area contributed by atoms with Crippen molar-refractivity contribution in [3.05, 3.63) is 50.5 Å². The van der Waals surface area contributed by atoms with Crippen molar-refractivity contribution in [1.29, 1.82) is 0 Å². The van der Waals surface area contributed by atoms with Gasteiger partial charge in [0.25, 0.3) is 0 Å². The highest BCUT2D eigenvalue weighted by Crippen LogP contribution is 2.39. The number of aryl methyl sites for hydroxylation is 1. The average Bonchev–Trinajstić information content (AvgIpc) is 3.00. The number of carbonyl (C=O) groups is 1. The molecule has 0 saturated carbocycles. The highest BCUT2D eigenvalue weighted by atomic mass is 79.9. The SMILES string of the molecule is CCc1c2cc(Oc3c(Br)cc(CC(F)C(=O)O)cc3Br)ccc2nn1CC(C)C. The highest BCUT2D eigenvalue weighted by molar-refractivity contribution is 9.11. The maximum absolute atomic E-state index is 13.6. The molecule has 0 bridgehead atoms. The molecule has 0 saturated heterocycles. The van der Waals surface area contributed by atoms with Gasteiger partial charge in [0.15, 0.2) is 5.75 Å². The lowest BCUT2D eigenvalue weighted by atomic mass is 10.1. The van der Waals surface area contributed by atoms with Crippen LogP contribution < -0.4 is 4.74 Å². The number of alkyl halides is 1. The van der Waals surface area contributed by atoms with E-state index in [1.807, 2.05) is 18.2 Å². The first-order valence-corrected chi connectivity index (χ1v) is 11.3. The highest BCUT2D eigenvalue weighted by Gasteiger charge is 2.19. The number of hydrogen-bond donors (Lipinski definition) is 1. The first-order chi connectivity index (χ1) is 14.2. The van der Waals surface area contributed by atoms with E-state index in [4.69, 9.17) is 14.9 Å². The largest absolute Gasteiger partial charge is 0.479 e. The lowest BCUT2D eigenvalue weighted by molar-refractivity contribution is -0.142. The Hall–Kier alpha value is -1.93. The molecule has 0 radical (unpaired) electrons. The van der Waals surface area contributed by atoms with E-state index in [1.165, 1.54) is 5.69 Å². The van der Waals surface area contributed by atoms with Crippen LogP contribution in [0.3, 0.4) is 0 Å². The minimum absolute atomic E-state index is 0.215. The van der Waals surface area contributed by atoms with Gasteiger partial charge in [0, 0.05) is 24.0 Å². The number of halogens is 3. The van der Waals surface area contributed by atoms with Crippen LogP contribution in [0.5, 0.6) is 11.5 Å². The predicted octanol–water partition coefficient (Wildman–Crippen LogP) is 6.54. The quantitative estimate of drug-likeness (QED) is 0.352. The second-order valence-corrected chi connectivity index (χ2v) is 9.26. The van der Waals surface area contributed by atoms with E-state index in [0.717, 1.165) is 23.9 Å². The van der Waals surface area contributed by atoms with Crippen molar-refractivity contribution in [2.45, 2.75) is 46.3 Å². The number of carboxylic acid groups (broad SMARTS) is 1. The van der Waals surface area contributed by atoms with E-state index in [0.29, 0.717) is 31.9 Å². The fourth-order valence-electron chi connectivity index (χ4n) is 3.34. The molecule has 160 valence electrons. The standard InChI is InChI=1S/C22H23Br2FN2O3/c1-4-20-15-10-14(5-6-19(15)26-27(20)11-12(2)3)30-21-16(23)7-13(8-17(21)24)9-18(25)22(28)29/h5-8,10,12,18H,4,9,11H2,1-3H3,(H,28,29). The summed E-state index contributed by atoms with van der Waals surface area (Å²) in [4.78, 5) is 10.8. The van der Waals surface area contributed by atoms with Gasteiger partial charge < -0.3 is 9.84 Å². The summed E-state index contributed by atoms with van der Waals surface area (Å²) in [6, 6.07) is 9.13. The van der Waals surface area contributed by atoms with Crippen LogP contribution in [0.15, 0.2) is 39.3 Å². The smallest absolute Gasteiger partial charge is 0.338 e. The zero-order valence-electron chi connectivity index (χ0n) is 17.0. The Morgan fingerprint density at radius 2 is 1.90 bits per heavy atom. The number of fused-ring (bicyclic) bond motifs is 1. The number of aliphatic carboxylic acids is 1. The minimum atomic E-state index is -1.95. The molecule has 0 aliphatic rings. The molecule has 0 aliphatic heterocycles. The van der Waals surface area contributed by atoms with Crippen LogP contribution in [0.4, 0.5) is 4.39 Å². The van der Waals surface area contributed by atoms with Gasteiger partial charge in [-0.05, 0) is 80.1 Å². The van der Waals surface area contributed by atoms with Crippen LogP contribution in [0.25, 0.3) is 10.9 Å². The summed E-state index contributed by atoms with van der Waals surface area (Å²) in [5.74, 6) is 0.220. The molecule has 1 aromatic heterocycles. The first-order valence-electron chi connectivity index (χ1n) is 9.71. The minimum Gasteiger partial charge on any atom is -0.479 e. The van der Waals surface area contributed by atoms with E-state index in [-0.39, 0.29) is 6.42 Å². The van der Waals surface area contributed by atoms with Gasteiger partial charge in [0.1, 0.15) is 5.75 Å². The van der Waals surface area contributed by atoms with Gasteiger partial charge in [-0.25, -0.2) is 9.18 Å². The monoisotopic (exact) mass is 540 g/mol. The Morgan fingerprint density at radius 1 is 1.23 bits per heavy atom. The summed E-state index contributed by atoms with van der Waals surface area (Å²) >= 11 is 6.90. The molecule has 3 rings (SSSR count). The number of aromatic nitrogens is 2. The van der Waals surface area contributed by atoms with E-state index in [9.17, 15) is 9.18 Å². The Morgan fingerprint density at radius 3 is 2.47 bits per heavy atom. The second-order valence-electron chi connectivity index (χ2n) is 7.56. The van der Waals surface area contributed by atoms with Gasteiger partial charge in [-0.3, -0.25) is 4.68 Å². The average molecular weight is 542 g/mol. The normalized spacial score (nSPS) is 12.5. The lowest BCUT2D eigenvalue weighted by Crippen LogP contribution is -2.17. The van der Waals surface area contributed by atoms with Crippen LogP contribution in [-0.2, 0) is 24.2 Å². The van der Waals surface area contributed by atoms with Crippen molar-refractivity contribution in [2.75, 3.05) is 0 Å². The van der Waals surface area contributed by atoms with Crippen LogP contribution in [0.2, 0.25) is 0 Å². The van der Waals surface area contributed by atoms with Crippen LogP contribution in [0, 0.1) is 5.92 Å². The van der Waals surface area contributed by atoms with Gasteiger partial charge in [0.2, 0.25) is 6.17 Å². The predicted molar refractivity (Wildman–Crippen MR) is 122 cm³/mol. The third-order valence-electron chi connectivity index (χ3n) is 4.65. The zero-order chi connectivity index (χ0) is 22.0. The Bertz CT molecular complexity index is 1060. The van der Waals surface area contributed by atoms with E-state index >= 15 is 0 Å². The van der Waals surface area contributed by atoms with Gasteiger partial charge in [-0.1, -0.05) is 20.8 Å². The summed E-state index contributed by atoms with van der Waals surface area (Å²) in [5.41, 5.74) is 2.64. The van der Waals surface area contributed by atoms with Gasteiger partial charge in [0.05, 0.1) is 14.5 Å². The number of ether oxygens (including phenoxy) is 1. The number of nitrogens with zero attached hydrogens (tertiary/aromatic N) is 2. The number of hydrogen-bond acceptors (Lipinski definition) is 3. The van der Waals surface area contributed by atoms with Crippen LogP contribution in [-0.4, -0.2) is 27.0 Å². The van der Waals surface area contributed by atoms with Crippen LogP contribution >= 0.6 is 31.9 Å². The second kappa shape index (κ2) is 9.47. The van der Waals surface area contributed by atoms with E-state index in [1.54, 1.807) is 12.1 Å². The van der Waals surface area contributed by atoms with Crippen molar-refractivity contribution < 1.29 is 19.0 Å². The van der Waals surface area contributed by atoms with Crippen molar-refractivity contribution in [2.24, 2.45) is 5.92 Å². The summed E-state index contributed by atoms with van der Waals surface area (Å²) < 4.78 is 22.9. The maximum Gasteiger partial charge on any atom is 0.338 e. The number of carboxylic acids is 1. The fraction of sp³-hybridized carbons (Fsp3) is 0.364. The first kappa shape index (κ1) is 22.7. The molecule has 30 heavy (non-hydrogen) atoms. The van der Waals surface area contributed by atoms with Crippen molar-refractivity contribution in [3.8, 4) is 11.5 Å². The third kappa shape index (κ3) is 5.03. The molecule has 0 spiro atoms. The molecule has 2 aromatic carbocycles. The summed E-state index contributed by atoms with van der Waals surface area (Å²) in [6.07, 6.45) is -1.30. The summed E-state index contributed by atoms with van der Waals surface area (Å²) in [7, 11) is 0. The number of benzene rings is 2. The molecule has 1 atom stereocenters. The molecule has 0 amide bonds. The van der Waals surface area contributed by atoms with Crippen LogP contribution in [0.1, 0.15) is 32.0 Å². The van der Waals surface area contributed by atoms with Gasteiger partial charge in [-0.15, -0.1) is 0 Å². The third-order valence-corrected chi connectivity index (χ3v) is 5.83. The number of rotatable bonds is 8. The van der Waals surface area contributed by atoms with Gasteiger partial charge in [-0.2, -0.15) is 5.10 Å². The maximum atomic E-state index is 13.6. The molecule has 0 fully saturated rings. The Kier molecular flexibility index (Phi) is 7.18. The summed E-state index contributed by atoms with van der Waals surface area (Å²) in [6.45, 7) is 7.31. The van der Waals surface area contributed by atoms with Crippen molar-refractivity contribution >= 4 is 48.7 Å². The van der Waals surface area contributed by atoms with Crippen molar-refractivity contribution in [3.63, 3.8) is 0 Å². The topological polar surface area (TPSA) is 64.3 Å². The molecular weight excluding hydrogens is 519 g/mol. The fourth-order valence-corrected chi connectivity index (χ4v) is 4.78. The Balaban J connectivity index is 1.91. The van der Waals surface area contributed by atoms with Gasteiger partial charge >= 0.3 is 5.97 Å². The van der Waals surface area contributed by atoms with E-state index < -0.39 is 12.1 Å². The molecule has 3 aromatic rings. The molecule has 5 nitrogen and oxygen atoms in total. The molecule has 1 heterocycles. The molecule has 8 heteroatoms. The molecule has 1 unspecified atom stereocenters. The van der Waals surface area contributed by atoms with E-state index in [2.05, 4.69) is 57.3 Å². The zero-order valence-corrected chi connectivity index (χ0v) is 20.1. The molecular formula is C22H23Br2FN2O3. The summed E-state index contributed by atoms with van der Waals surface area (Å²) in [5, 5.41) is 14.6. The molecule has 0 aliphatic carbocycles. The lowest BCUT2D eigenvalue weighted by Gasteiger charge is -2.13. The Labute approximate surface area is 191 Å². The van der Waals surface area contributed by atoms with Crippen molar-refractivity contribution in [1.82, 2.24) is 9.78 Å². The molecule has 1 N–H and O–H groups in total.